The van der Waals surface area contributed by atoms with Crippen molar-refractivity contribution in [1.82, 2.24) is 0 Å². The Balaban J connectivity index is 1.67. The SMILES string of the molecule is COC(=O)C12CC(O)C3C4(C)CC(=O)C(OC(=O)CN)=C(C)C4CC4OC(=O)[C@H](OC(=O)C=C(C)C)C1C43CO2. The van der Waals surface area contributed by atoms with E-state index in [1.54, 1.807) is 20.8 Å². The van der Waals surface area contributed by atoms with E-state index < -0.39 is 88.7 Å². The summed E-state index contributed by atoms with van der Waals surface area (Å²) < 4.78 is 28.3. The average Bonchev–Trinajstić information content (AvgIpc) is 3.12. The topological polar surface area (TPSA) is 178 Å². The van der Waals surface area contributed by atoms with Crippen LogP contribution in [-0.2, 0) is 47.7 Å². The number of ether oxygens (including phenoxy) is 5. The van der Waals surface area contributed by atoms with Gasteiger partial charge in [-0.2, -0.15) is 0 Å². The van der Waals surface area contributed by atoms with Crippen molar-refractivity contribution in [3.8, 4) is 0 Å². The molecule has 3 aliphatic carbocycles. The molecule has 0 amide bonds. The molecule has 12 heteroatoms. The number of rotatable bonds is 5. The van der Waals surface area contributed by atoms with Gasteiger partial charge in [-0.3, -0.25) is 9.59 Å². The first-order chi connectivity index (χ1) is 18.8. The molecule has 2 aliphatic heterocycles. The molecule has 12 nitrogen and oxygen atoms in total. The largest absolute Gasteiger partial charge is 0.467 e. The summed E-state index contributed by atoms with van der Waals surface area (Å²) in [6.45, 7) is 6.46. The molecule has 218 valence electrons. The zero-order valence-corrected chi connectivity index (χ0v) is 23.2. The smallest absolute Gasteiger partial charge is 0.348 e. The summed E-state index contributed by atoms with van der Waals surface area (Å²) in [6, 6.07) is 0. The molecule has 2 saturated carbocycles. The zero-order chi connectivity index (χ0) is 29.4. The Kier molecular flexibility index (Phi) is 6.75. The molecule has 0 radical (unpaired) electrons. The molecule has 0 aromatic carbocycles. The highest BCUT2D eigenvalue weighted by atomic mass is 16.6. The predicted octanol–water partition coefficient (Wildman–Crippen LogP) is 0.490. The maximum Gasteiger partial charge on any atom is 0.348 e. The van der Waals surface area contributed by atoms with Gasteiger partial charge in [-0.05, 0) is 44.1 Å². The lowest BCUT2D eigenvalue weighted by Crippen LogP contribution is -2.75. The van der Waals surface area contributed by atoms with Crippen LogP contribution in [0.1, 0.15) is 47.0 Å². The summed E-state index contributed by atoms with van der Waals surface area (Å²) in [4.78, 5) is 65.0. The molecule has 2 bridgehead atoms. The molecule has 5 rings (SSSR count). The molecule has 0 aromatic rings. The van der Waals surface area contributed by atoms with E-state index in [1.165, 1.54) is 13.2 Å². The Labute approximate surface area is 231 Å². The number of nitrogens with two attached hydrogens (primary N) is 1. The minimum Gasteiger partial charge on any atom is -0.467 e. The van der Waals surface area contributed by atoms with Crippen molar-refractivity contribution in [2.45, 2.75) is 70.9 Å². The number of hydrogen-bond acceptors (Lipinski definition) is 12. The molecule has 0 aromatic heterocycles. The number of carbonyl (C=O) groups excluding carboxylic acids is 5. The number of carbonyl (C=O) groups is 5. The normalized spacial score (nSPS) is 41.3. The van der Waals surface area contributed by atoms with Crippen molar-refractivity contribution in [1.29, 1.82) is 0 Å². The Hall–Kier alpha value is -3.09. The second-order valence-corrected chi connectivity index (χ2v) is 12.1. The van der Waals surface area contributed by atoms with Gasteiger partial charge in [0.2, 0.25) is 6.10 Å². The van der Waals surface area contributed by atoms with Crippen molar-refractivity contribution in [2.75, 3.05) is 20.3 Å². The number of methoxy groups -OCH3 is 1. The summed E-state index contributed by atoms with van der Waals surface area (Å²) >= 11 is 0. The van der Waals surface area contributed by atoms with E-state index in [9.17, 15) is 29.1 Å². The molecule has 8 unspecified atom stereocenters. The number of Topliss-reactive ketones (excluding diaryl/α,β-unsaturated/α-hetero) is 1. The highest BCUT2D eigenvalue weighted by Crippen LogP contribution is 2.72. The van der Waals surface area contributed by atoms with Crippen LogP contribution in [0.3, 0.4) is 0 Å². The van der Waals surface area contributed by atoms with E-state index in [0.29, 0.717) is 11.1 Å². The van der Waals surface area contributed by atoms with Gasteiger partial charge in [0, 0.05) is 30.3 Å². The van der Waals surface area contributed by atoms with Gasteiger partial charge < -0.3 is 34.5 Å². The number of fused-ring (bicyclic) bond motifs is 2. The fraction of sp³-hybridized carbons (Fsp3) is 0.679. The minimum atomic E-state index is -1.77. The van der Waals surface area contributed by atoms with Gasteiger partial charge in [0.25, 0.3) is 0 Å². The van der Waals surface area contributed by atoms with Crippen LogP contribution in [0.25, 0.3) is 0 Å². The van der Waals surface area contributed by atoms with E-state index >= 15 is 0 Å². The van der Waals surface area contributed by atoms with Crippen LogP contribution in [-0.4, -0.2) is 78.9 Å². The molecule has 5 aliphatic rings. The molecule has 9 atom stereocenters. The van der Waals surface area contributed by atoms with Crippen LogP contribution in [0.4, 0.5) is 0 Å². The Morgan fingerprint density at radius 3 is 2.52 bits per heavy atom. The molecule has 4 fully saturated rings. The first kappa shape index (κ1) is 28.4. The van der Waals surface area contributed by atoms with Crippen LogP contribution in [0.15, 0.2) is 23.0 Å². The highest BCUT2D eigenvalue weighted by molar-refractivity contribution is 5.98. The lowest BCUT2D eigenvalue weighted by molar-refractivity contribution is -0.269. The Morgan fingerprint density at radius 1 is 1.20 bits per heavy atom. The van der Waals surface area contributed by atoms with E-state index in [-0.39, 0.29) is 31.6 Å². The molecule has 1 spiro atoms. The summed E-state index contributed by atoms with van der Waals surface area (Å²) in [5.74, 6) is -5.83. The number of allylic oxidation sites excluding steroid dienone is 3. The number of hydrogen-bond donors (Lipinski definition) is 2. The third-order valence-electron chi connectivity index (χ3n) is 9.73. The van der Waals surface area contributed by atoms with Gasteiger partial charge in [0.05, 0.1) is 32.3 Å². The second kappa shape index (κ2) is 9.49. The molecule has 2 saturated heterocycles. The number of esters is 4. The standard InChI is InChI=1S/C28H35NO11/c1-12(2)6-18(32)39-21-23-27-11-37-28(23,25(35)36-5)9-16(31)22(27)26(4)8-15(30)20(40-19(33)10-29)13(3)14(26)7-17(27)38-24(21)34/h6,14,16-17,21-23,31H,7-11,29H2,1-5H3/t14?,16?,17?,21-,22?,23?,26?,27?,28?/m1/s1. The van der Waals surface area contributed by atoms with E-state index in [1.807, 2.05) is 6.92 Å². The lowest BCUT2D eigenvalue weighted by Gasteiger charge is -2.66. The van der Waals surface area contributed by atoms with Gasteiger partial charge in [-0.1, -0.05) is 12.5 Å². The quantitative estimate of drug-likeness (QED) is 0.270. The molecule has 40 heavy (non-hydrogen) atoms. The molecule has 3 N–H and O–H groups in total. The molecule has 2 heterocycles. The van der Waals surface area contributed by atoms with E-state index in [2.05, 4.69) is 0 Å². The van der Waals surface area contributed by atoms with Crippen molar-refractivity contribution in [2.24, 2.45) is 34.3 Å². The van der Waals surface area contributed by atoms with Crippen LogP contribution in [0, 0.1) is 28.6 Å². The Bertz CT molecular complexity index is 1250. The fourth-order valence-electron chi connectivity index (χ4n) is 8.57. The first-order valence-electron chi connectivity index (χ1n) is 13.4. The van der Waals surface area contributed by atoms with Gasteiger partial charge in [0.15, 0.2) is 17.1 Å². The van der Waals surface area contributed by atoms with Gasteiger partial charge in [0.1, 0.15) is 6.10 Å². The van der Waals surface area contributed by atoms with Gasteiger partial charge >= 0.3 is 23.9 Å². The fourth-order valence-corrected chi connectivity index (χ4v) is 8.57. The number of ketones is 1. The van der Waals surface area contributed by atoms with Crippen molar-refractivity contribution in [3.63, 3.8) is 0 Å². The first-order valence-corrected chi connectivity index (χ1v) is 13.4. The maximum atomic E-state index is 13.5. The lowest BCUT2D eigenvalue weighted by atomic mass is 9.38. The summed E-state index contributed by atoms with van der Waals surface area (Å²) in [7, 11) is 1.18. The van der Waals surface area contributed by atoms with Crippen LogP contribution in [0.5, 0.6) is 0 Å². The van der Waals surface area contributed by atoms with Crippen molar-refractivity contribution < 1.29 is 52.8 Å². The third kappa shape index (κ3) is 3.72. The Morgan fingerprint density at radius 2 is 1.90 bits per heavy atom. The van der Waals surface area contributed by atoms with E-state index in [0.717, 1.165) is 0 Å². The minimum absolute atomic E-state index is 0.0769. The predicted molar refractivity (Wildman–Crippen MR) is 134 cm³/mol. The zero-order valence-electron chi connectivity index (χ0n) is 23.2. The van der Waals surface area contributed by atoms with Crippen molar-refractivity contribution in [3.05, 3.63) is 23.0 Å². The number of aliphatic hydroxyl groups is 1. The molecular weight excluding hydrogens is 526 g/mol. The monoisotopic (exact) mass is 561 g/mol. The average molecular weight is 562 g/mol. The van der Waals surface area contributed by atoms with Crippen LogP contribution in [0.2, 0.25) is 0 Å². The van der Waals surface area contributed by atoms with Gasteiger partial charge in [-0.25, -0.2) is 14.4 Å². The summed E-state index contributed by atoms with van der Waals surface area (Å²) in [5, 5.41) is 11.7. The molecular formula is C28H35NO11. The van der Waals surface area contributed by atoms with Gasteiger partial charge in [-0.15, -0.1) is 0 Å². The summed E-state index contributed by atoms with van der Waals surface area (Å²) in [5.41, 5.74) is 2.69. The van der Waals surface area contributed by atoms with Crippen LogP contribution < -0.4 is 5.73 Å². The van der Waals surface area contributed by atoms with Crippen LogP contribution >= 0.6 is 0 Å². The maximum absolute atomic E-state index is 13.5. The number of aliphatic hydroxyl groups excluding tert-OH is 1. The highest BCUT2D eigenvalue weighted by Gasteiger charge is 2.82. The second-order valence-electron chi connectivity index (χ2n) is 12.1. The summed E-state index contributed by atoms with van der Waals surface area (Å²) in [6.07, 6.45) is -2.40. The third-order valence-corrected chi connectivity index (χ3v) is 9.73. The van der Waals surface area contributed by atoms with E-state index in [4.69, 9.17) is 29.4 Å². The van der Waals surface area contributed by atoms with Crippen molar-refractivity contribution >= 4 is 29.7 Å².